The lowest BCUT2D eigenvalue weighted by atomic mass is 10.0. The van der Waals surface area contributed by atoms with E-state index in [1.807, 2.05) is 18.2 Å². The minimum atomic E-state index is 0.0275. The lowest BCUT2D eigenvalue weighted by molar-refractivity contribution is 0.662. The summed E-state index contributed by atoms with van der Waals surface area (Å²) in [6.45, 7) is 2.22. The third kappa shape index (κ3) is 2.41. The average molecular weight is 272 g/mol. The van der Waals surface area contributed by atoms with E-state index in [2.05, 4.69) is 31.2 Å². The SMILES string of the molecule is CCCCc1cccc2o[pH]oc3ccccc3c12. The number of unbranched alkanes of at least 4 members (excludes halogenated alkanes) is 1. The lowest BCUT2D eigenvalue weighted by Crippen LogP contribution is -1.86. The third-order valence-electron chi connectivity index (χ3n) is 3.37. The van der Waals surface area contributed by atoms with E-state index in [1.165, 1.54) is 23.8 Å². The van der Waals surface area contributed by atoms with Crippen LogP contribution in [0.2, 0.25) is 0 Å². The number of hydrogen-bond acceptors (Lipinski definition) is 2. The molecule has 1 atom stereocenters. The fourth-order valence-electron chi connectivity index (χ4n) is 2.42. The highest BCUT2D eigenvalue weighted by molar-refractivity contribution is 7.15. The second-order valence-electron chi connectivity index (χ2n) is 4.68. The van der Waals surface area contributed by atoms with Crippen molar-refractivity contribution >= 4 is 30.6 Å². The van der Waals surface area contributed by atoms with Crippen molar-refractivity contribution in [2.75, 3.05) is 0 Å². The van der Waals surface area contributed by atoms with Crippen molar-refractivity contribution in [1.29, 1.82) is 0 Å². The molecule has 0 amide bonds. The second-order valence-corrected chi connectivity index (χ2v) is 5.25. The van der Waals surface area contributed by atoms with E-state index in [0.29, 0.717) is 0 Å². The zero-order valence-electron chi connectivity index (χ0n) is 11.0. The summed E-state index contributed by atoms with van der Waals surface area (Å²) in [6, 6.07) is 14.5. The molecule has 0 aliphatic rings. The minimum Gasteiger partial charge on any atom is -0.421 e. The first-order chi connectivity index (χ1) is 9.40. The Bertz CT molecular complexity index is 731. The highest BCUT2D eigenvalue weighted by atomic mass is 31.1. The van der Waals surface area contributed by atoms with Gasteiger partial charge in [-0.1, -0.05) is 43.7 Å². The molecule has 3 rings (SSSR count). The van der Waals surface area contributed by atoms with Gasteiger partial charge in [0.15, 0.2) is 0 Å². The lowest BCUT2D eigenvalue weighted by Gasteiger charge is -2.04. The van der Waals surface area contributed by atoms with Crippen LogP contribution in [0.4, 0.5) is 0 Å². The van der Waals surface area contributed by atoms with Crippen LogP contribution in [0.25, 0.3) is 21.9 Å². The first-order valence-electron chi connectivity index (χ1n) is 6.70. The van der Waals surface area contributed by atoms with Crippen LogP contribution in [0.3, 0.4) is 0 Å². The van der Waals surface area contributed by atoms with Crippen molar-refractivity contribution in [2.45, 2.75) is 26.2 Å². The molecule has 0 saturated heterocycles. The summed E-state index contributed by atoms with van der Waals surface area (Å²) in [4.78, 5) is 0. The number of rotatable bonds is 3. The van der Waals surface area contributed by atoms with Gasteiger partial charge >= 0.3 is 0 Å². The third-order valence-corrected chi connectivity index (χ3v) is 3.98. The van der Waals surface area contributed by atoms with Crippen molar-refractivity contribution in [3.63, 3.8) is 0 Å². The molecule has 1 unspecified atom stereocenters. The second kappa shape index (κ2) is 5.54. The maximum Gasteiger partial charge on any atom is 0.201 e. The summed E-state index contributed by atoms with van der Waals surface area (Å²) in [5.74, 6) is 0. The van der Waals surface area contributed by atoms with Crippen LogP contribution in [0.5, 0.6) is 0 Å². The van der Waals surface area contributed by atoms with E-state index < -0.39 is 0 Å². The molecule has 0 aliphatic heterocycles. The molecule has 19 heavy (non-hydrogen) atoms. The molecule has 1 heterocycles. The largest absolute Gasteiger partial charge is 0.421 e. The molecule has 2 nitrogen and oxygen atoms in total. The zero-order valence-corrected chi connectivity index (χ0v) is 12.0. The van der Waals surface area contributed by atoms with Gasteiger partial charge in [0.05, 0.1) is 0 Å². The Morgan fingerprint density at radius 1 is 0.947 bits per heavy atom. The molecule has 0 saturated carbocycles. The molecule has 0 aliphatic carbocycles. The van der Waals surface area contributed by atoms with Crippen LogP contribution in [-0.4, -0.2) is 0 Å². The molecule has 2 aromatic carbocycles. The molecule has 0 spiro atoms. The van der Waals surface area contributed by atoms with E-state index in [4.69, 9.17) is 8.39 Å². The van der Waals surface area contributed by atoms with Crippen molar-refractivity contribution in [3.05, 3.63) is 48.0 Å². The fourth-order valence-corrected chi connectivity index (χ4v) is 2.99. The quantitative estimate of drug-likeness (QED) is 0.613. The molecule has 0 N–H and O–H groups in total. The molecular formula is C16H17O2P. The van der Waals surface area contributed by atoms with Crippen LogP contribution in [-0.2, 0) is 6.42 Å². The van der Waals surface area contributed by atoms with Gasteiger partial charge < -0.3 is 8.39 Å². The highest BCUT2D eigenvalue weighted by Gasteiger charge is 2.06. The fraction of sp³-hybridized carbons (Fsp3) is 0.250. The van der Waals surface area contributed by atoms with Gasteiger partial charge in [0, 0.05) is 10.8 Å². The first-order valence-corrected chi connectivity index (χ1v) is 7.52. The first kappa shape index (κ1) is 12.4. The van der Waals surface area contributed by atoms with Crippen LogP contribution >= 0.6 is 8.67 Å². The van der Waals surface area contributed by atoms with Crippen LogP contribution in [0.1, 0.15) is 25.3 Å². The molecule has 98 valence electrons. The average Bonchev–Trinajstić information content (AvgIpc) is 2.64. The maximum atomic E-state index is 5.76. The van der Waals surface area contributed by atoms with Gasteiger partial charge in [-0.05, 0) is 30.5 Å². The minimum absolute atomic E-state index is 0.0275. The number of hydrogen-bond donors (Lipinski definition) is 0. The van der Waals surface area contributed by atoms with Crippen molar-refractivity contribution in [3.8, 4) is 0 Å². The standard InChI is InChI=1S/C16H17O2P/c1-2-3-7-12-8-6-11-15-16(12)13-9-4-5-10-14(13)17-19-18-15/h4-6,8-11,19H,2-3,7H2,1H3. The summed E-state index contributed by atoms with van der Waals surface area (Å²) in [5, 5.41) is 2.35. The number of aryl methyl sites for hydroxylation is 1. The number of benzene rings is 2. The Morgan fingerprint density at radius 2 is 1.74 bits per heavy atom. The van der Waals surface area contributed by atoms with E-state index in [9.17, 15) is 0 Å². The monoisotopic (exact) mass is 272 g/mol. The van der Waals surface area contributed by atoms with Crippen LogP contribution in [0.15, 0.2) is 50.9 Å². The van der Waals surface area contributed by atoms with Gasteiger partial charge in [0.1, 0.15) is 11.2 Å². The van der Waals surface area contributed by atoms with Gasteiger partial charge in [0.25, 0.3) is 0 Å². The highest BCUT2D eigenvalue weighted by Crippen LogP contribution is 2.30. The topological polar surface area (TPSA) is 26.3 Å². The number of para-hydroxylation sites is 1. The van der Waals surface area contributed by atoms with Gasteiger partial charge in [0.2, 0.25) is 8.67 Å². The van der Waals surface area contributed by atoms with E-state index in [0.717, 1.165) is 23.0 Å². The van der Waals surface area contributed by atoms with Gasteiger partial charge in [-0.3, -0.25) is 0 Å². The maximum absolute atomic E-state index is 5.76. The normalized spacial score (nSPS) is 11.4. The summed E-state index contributed by atoms with van der Waals surface area (Å²) in [6.07, 6.45) is 3.48. The Balaban J connectivity index is 2.39. The molecule has 0 fully saturated rings. The number of fused-ring (bicyclic) bond motifs is 3. The predicted octanol–water partition coefficient (Wildman–Crippen LogP) is 5.68. The Morgan fingerprint density at radius 3 is 2.63 bits per heavy atom. The smallest absolute Gasteiger partial charge is 0.201 e. The van der Waals surface area contributed by atoms with E-state index in [-0.39, 0.29) is 8.67 Å². The Kier molecular flexibility index (Phi) is 3.61. The van der Waals surface area contributed by atoms with Crippen LogP contribution < -0.4 is 0 Å². The van der Waals surface area contributed by atoms with Gasteiger partial charge in [-0.2, -0.15) is 0 Å². The Labute approximate surface area is 114 Å². The molecular weight excluding hydrogens is 255 g/mol. The van der Waals surface area contributed by atoms with Crippen molar-refractivity contribution < 1.29 is 8.39 Å². The van der Waals surface area contributed by atoms with Crippen molar-refractivity contribution in [2.24, 2.45) is 0 Å². The zero-order chi connectivity index (χ0) is 13.1. The summed E-state index contributed by atoms with van der Waals surface area (Å²) >= 11 is 0. The molecule has 3 aromatic rings. The van der Waals surface area contributed by atoms with E-state index >= 15 is 0 Å². The molecule has 3 heteroatoms. The summed E-state index contributed by atoms with van der Waals surface area (Å²) in [5.41, 5.74) is 3.21. The van der Waals surface area contributed by atoms with E-state index in [1.54, 1.807) is 0 Å². The molecule has 1 aromatic heterocycles. The molecule has 0 bridgehead atoms. The summed E-state index contributed by atoms with van der Waals surface area (Å²) < 4.78 is 11.5. The summed E-state index contributed by atoms with van der Waals surface area (Å²) in [7, 11) is 0.0275. The van der Waals surface area contributed by atoms with Gasteiger partial charge in [-0.25, -0.2) is 0 Å². The van der Waals surface area contributed by atoms with Gasteiger partial charge in [-0.15, -0.1) is 0 Å². The predicted molar refractivity (Wildman–Crippen MR) is 81.7 cm³/mol. The van der Waals surface area contributed by atoms with Crippen LogP contribution in [0, 0.1) is 0 Å². The van der Waals surface area contributed by atoms with Crippen molar-refractivity contribution in [1.82, 2.24) is 0 Å². The molecule has 0 radical (unpaired) electrons. The Hall–Kier alpha value is -1.66.